The Morgan fingerprint density at radius 3 is 2.32 bits per heavy atom. The number of nitriles is 1. The van der Waals surface area contributed by atoms with Gasteiger partial charge in [0, 0.05) is 26.9 Å². The molecule has 0 spiro atoms. The SMILES string of the molecule is Cc1ccc(-c2cc(-c3ccccc3)c(C#N)c(SCc3ccc(Cl)cc3Cl)n2)cc1. The van der Waals surface area contributed by atoms with Gasteiger partial charge in [0.15, 0.2) is 0 Å². The minimum absolute atomic E-state index is 0.567. The van der Waals surface area contributed by atoms with Crippen LogP contribution in [0.3, 0.4) is 0 Å². The van der Waals surface area contributed by atoms with E-state index in [2.05, 4.69) is 37.3 Å². The van der Waals surface area contributed by atoms with Gasteiger partial charge in [-0.1, -0.05) is 89.4 Å². The summed E-state index contributed by atoms with van der Waals surface area (Å²) in [5, 5.41) is 11.9. The molecule has 0 amide bonds. The molecule has 31 heavy (non-hydrogen) atoms. The van der Waals surface area contributed by atoms with Crippen molar-refractivity contribution in [3.63, 3.8) is 0 Å². The van der Waals surface area contributed by atoms with Gasteiger partial charge in [-0.15, -0.1) is 11.8 Å². The van der Waals surface area contributed by atoms with Gasteiger partial charge in [0.25, 0.3) is 0 Å². The lowest BCUT2D eigenvalue weighted by Gasteiger charge is -2.13. The molecule has 152 valence electrons. The minimum atomic E-state index is 0.567. The Morgan fingerprint density at radius 1 is 0.903 bits per heavy atom. The highest BCUT2D eigenvalue weighted by molar-refractivity contribution is 7.98. The van der Waals surface area contributed by atoms with Crippen molar-refractivity contribution in [1.29, 1.82) is 5.26 Å². The second kappa shape index (κ2) is 9.58. The van der Waals surface area contributed by atoms with E-state index in [9.17, 15) is 5.26 Å². The van der Waals surface area contributed by atoms with Gasteiger partial charge in [-0.3, -0.25) is 0 Å². The summed E-state index contributed by atoms with van der Waals surface area (Å²) < 4.78 is 0. The molecule has 0 radical (unpaired) electrons. The van der Waals surface area contributed by atoms with Crippen molar-refractivity contribution in [2.24, 2.45) is 0 Å². The standard InChI is InChI=1S/C26H18Cl2N2S/c1-17-7-9-19(10-8-17)25-14-22(18-5-3-2-4-6-18)23(15-29)26(30-25)31-16-20-11-12-21(27)13-24(20)28/h2-14H,16H2,1H3. The van der Waals surface area contributed by atoms with Crippen LogP contribution in [0.4, 0.5) is 0 Å². The monoisotopic (exact) mass is 460 g/mol. The molecular formula is C26H18Cl2N2S. The Bertz CT molecular complexity index is 1260. The Morgan fingerprint density at radius 2 is 1.65 bits per heavy atom. The Hall–Kier alpha value is -2.77. The second-order valence-corrected chi connectivity index (χ2v) is 8.91. The van der Waals surface area contributed by atoms with Crippen molar-refractivity contribution in [2.45, 2.75) is 17.7 Å². The van der Waals surface area contributed by atoms with Crippen molar-refractivity contribution < 1.29 is 0 Å². The molecule has 3 aromatic carbocycles. The zero-order chi connectivity index (χ0) is 21.8. The van der Waals surface area contributed by atoms with Crippen LogP contribution in [-0.4, -0.2) is 4.98 Å². The number of thioether (sulfide) groups is 1. The first-order valence-electron chi connectivity index (χ1n) is 9.69. The average molecular weight is 461 g/mol. The fourth-order valence-corrected chi connectivity index (χ4v) is 4.80. The number of aryl methyl sites for hydroxylation is 1. The lowest BCUT2D eigenvalue weighted by Crippen LogP contribution is -1.96. The summed E-state index contributed by atoms with van der Waals surface area (Å²) in [6.07, 6.45) is 0. The van der Waals surface area contributed by atoms with Crippen molar-refractivity contribution in [1.82, 2.24) is 4.98 Å². The fourth-order valence-electron chi connectivity index (χ4n) is 3.24. The van der Waals surface area contributed by atoms with E-state index in [-0.39, 0.29) is 0 Å². The second-order valence-electron chi connectivity index (χ2n) is 7.10. The van der Waals surface area contributed by atoms with Gasteiger partial charge in [0.1, 0.15) is 11.1 Å². The van der Waals surface area contributed by atoms with Gasteiger partial charge >= 0.3 is 0 Å². The summed E-state index contributed by atoms with van der Waals surface area (Å²) in [5.74, 6) is 0.587. The Balaban J connectivity index is 1.81. The van der Waals surface area contributed by atoms with Crippen LogP contribution < -0.4 is 0 Å². The molecular weight excluding hydrogens is 443 g/mol. The molecule has 4 aromatic rings. The molecule has 2 nitrogen and oxygen atoms in total. The molecule has 0 aliphatic carbocycles. The van der Waals surface area contributed by atoms with E-state index >= 15 is 0 Å². The Labute approximate surface area is 196 Å². The maximum Gasteiger partial charge on any atom is 0.115 e. The lowest BCUT2D eigenvalue weighted by molar-refractivity contribution is 1.12. The first kappa shape index (κ1) is 21.5. The molecule has 0 atom stereocenters. The molecule has 4 rings (SSSR count). The average Bonchev–Trinajstić information content (AvgIpc) is 2.79. The van der Waals surface area contributed by atoms with Crippen molar-refractivity contribution >= 4 is 35.0 Å². The number of hydrogen-bond acceptors (Lipinski definition) is 3. The summed E-state index contributed by atoms with van der Waals surface area (Å²) in [4.78, 5) is 4.86. The number of nitrogens with zero attached hydrogens (tertiary/aromatic N) is 2. The molecule has 0 N–H and O–H groups in total. The summed E-state index contributed by atoms with van der Waals surface area (Å²) in [5.41, 5.74) is 6.41. The smallest absolute Gasteiger partial charge is 0.115 e. The van der Waals surface area contributed by atoms with Gasteiger partial charge in [0.05, 0.1) is 11.3 Å². The fraction of sp³-hybridized carbons (Fsp3) is 0.0769. The predicted molar refractivity (Wildman–Crippen MR) is 131 cm³/mol. The highest BCUT2D eigenvalue weighted by atomic mass is 35.5. The van der Waals surface area contributed by atoms with Crippen LogP contribution in [0, 0.1) is 18.3 Å². The molecule has 1 heterocycles. The van der Waals surface area contributed by atoms with E-state index in [4.69, 9.17) is 28.2 Å². The lowest BCUT2D eigenvalue weighted by atomic mass is 9.99. The molecule has 0 bridgehead atoms. The number of hydrogen-bond donors (Lipinski definition) is 0. The Kier molecular flexibility index (Phi) is 6.63. The van der Waals surface area contributed by atoms with Crippen molar-refractivity contribution in [3.05, 3.63) is 106 Å². The molecule has 0 aliphatic rings. The third-order valence-electron chi connectivity index (χ3n) is 4.91. The highest BCUT2D eigenvalue weighted by Gasteiger charge is 2.16. The highest BCUT2D eigenvalue weighted by Crippen LogP contribution is 2.36. The zero-order valence-electron chi connectivity index (χ0n) is 16.8. The topological polar surface area (TPSA) is 36.7 Å². The molecule has 1 aromatic heterocycles. The molecule has 0 unspecified atom stereocenters. The van der Waals surface area contributed by atoms with Gasteiger partial charge < -0.3 is 0 Å². The van der Waals surface area contributed by atoms with E-state index in [1.54, 1.807) is 6.07 Å². The summed E-state index contributed by atoms with van der Waals surface area (Å²) >= 11 is 13.9. The van der Waals surface area contributed by atoms with Crippen LogP contribution in [0.5, 0.6) is 0 Å². The maximum atomic E-state index is 10.00. The zero-order valence-corrected chi connectivity index (χ0v) is 19.1. The van der Waals surface area contributed by atoms with E-state index in [0.717, 1.165) is 27.9 Å². The quantitative estimate of drug-likeness (QED) is 0.281. The van der Waals surface area contributed by atoms with Crippen LogP contribution in [0.2, 0.25) is 10.0 Å². The third-order valence-corrected chi connectivity index (χ3v) is 6.52. The van der Waals surface area contributed by atoms with Gasteiger partial charge in [-0.25, -0.2) is 4.98 Å². The predicted octanol–water partition coefficient (Wildman–Crippen LogP) is 8.19. The third kappa shape index (κ3) is 4.94. The number of pyridine rings is 1. The van der Waals surface area contributed by atoms with Gasteiger partial charge in [-0.2, -0.15) is 5.26 Å². The van der Waals surface area contributed by atoms with Crippen LogP contribution in [-0.2, 0) is 5.75 Å². The van der Waals surface area contributed by atoms with Crippen LogP contribution in [0.25, 0.3) is 22.4 Å². The van der Waals surface area contributed by atoms with E-state index in [1.165, 1.54) is 17.3 Å². The summed E-state index contributed by atoms with van der Waals surface area (Å²) in [6, 6.07) is 28.0. The summed E-state index contributed by atoms with van der Waals surface area (Å²) in [7, 11) is 0. The first-order chi connectivity index (χ1) is 15.0. The van der Waals surface area contributed by atoms with E-state index in [1.807, 2.05) is 48.5 Å². The van der Waals surface area contributed by atoms with Crippen LogP contribution >= 0.6 is 35.0 Å². The maximum absolute atomic E-state index is 10.00. The molecule has 0 aliphatic heterocycles. The van der Waals surface area contributed by atoms with Crippen LogP contribution in [0.15, 0.2) is 83.9 Å². The molecule has 0 saturated heterocycles. The number of benzene rings is 3. The van der Waals surface area contributed by atoms with Crippen molar-refractivity contribution in [3.8, 4) is 28.5 Å². The largest absolute Gasteiger partial charge is 0.240 e. The first-order valence-corrected chi connectivity index (χ1v) is 11.4. The van der Waals surface area contributed by atoms with E-state index < -0.39 is 0 Å². The number of halogens is 2. The molecule has 0 fully saturated rings. The van der Waals surface area contributed by atoms with Gasteiger partial charge in [-0.05, 0) is 36.2 Å². The molecule has 0 saturated carbocycles. The van der Waals surface area contributed by atoms with Crippen LogP contribution in [0.1, 0.15) is 16.7 Å². The van der Waals surface area contributed by atoms with E-state index in [0.29, 0.717) is 26.4 Å². The minimum Gasteiger partial charge on any atom is -0.240 e. The number of rotatable bonds is 5. The number of aromatic nitrogens is 1. The van der Waals surface area contributed by atoms with Gasteiger partial charge in [0.2, 0.25) is 0 Å². The van der Waals surface area contributed by atoms with Crippen molar-refractivity contribution in [2.75, 3.05) is 0 Å². The molecule has 5 heteroatoms. The normalized spacial score (nSPS) is 10.6. The summed E-state index contributed by atoms with van der Waals surface area (Å²) in [6.45, 7) is 2.06.